The van der Waals surface area contributed by atoms with Gasteiger partial charge in [0.1, 0.15) is 5.75 Å². The number of rotatable bonds is 4. The molecule has 1 fully saturated rings. The van der Waals surface area contributed by atoms with Crippen molar-refractivity contribution in [2.75, 3.05) is 39.8 Å². The van der Waals surface area contributed by atoms with Crippen LogP contribution in [0.1, 0.15) is 23.0 Å². The molecule has 1 aliphatic rings. The Bertz CT molecular complexity index is 1060. The zero-order chi connectivity index (χ0) is 20.5. The highest BCUT2D eigenvalue weighted by Crippen LogP contribution is 2.31. The number of ether oxygens (including phenoxy) is 1. The van der Waals surface area contributed by atoms with E-state index in [0.29, 0.717) is 34.7 Å². The number of hydrogen-bond acceptors (Lipinski definition) is 5. The van der Waals surface area contributed by atoms with Gasteiger partial charge in [-0.2, -0.15) is 5.10 Å². The van der Waals surface area contributed by atoms with E-state index >= 15 is 0 Å². The first-order valence-corrected chi connectivity index (χ1v) is 10.1. The number of fused-ring (bicyclic) bond motifs is 1. The molecule has 3 aromatic rings. The van der Waals surface area contributed by atoms with Crippen molar-refractivity contribution in [3.63, 3.8) is 0 Å². The van der Waals surface area contributed by atoms with Crippen LogP contribution >= 0.6 is 11.6 Å². The average molecular weight is 414 g/mol. The van der Waals surface area contributed by atoms with E-state index in [1.165, 1.54) is 0 Å². The minimum absolute atomic E-state index is 0.0753. The van der Waals surface area contributed by atoms with E-state index < -0.39 is 0 Å². The quantitative estimate of drug-likeness (QED) is 0.657. The van der Waals surface area contributed by atoms with Crippen LogP contribution in [0.3, 0.4) is 0 Å². The third-order valence-corrected chi connectivity index (χ3v) is 5.84. The van der Waals surface area contributed by atoms with Crippen LogP contribution in [0.5, 0.6) is 5.75 Å². The number of halogens is 1. The van der Waals surface area contributed by atoms with Crippen molar-refractivity contribution in [1.82, 2.24) is 24.6 Å². The highest BCUT2D eigenvalue weighted by Gasteiger charge is 2.26. The Morgan fingerprint density at radius 2 is 2.00 bits per heavy atom. The fraction of sp³-hybridized carbons (Fsp3) is 0.381. The third-order valence-electron chi connectivity index (χ3n) is 5.44. The van der Waals surface area contributed by atoms with Gasteiger partial charge in [-0.1, -0.05) is 24.6 Å². The average Bonchev–Trinajstić information content (AvgIpc) is 3.11. The molecule has 152 valence electrons. The molecule has 0 aliphatic carbocycles. The molecule has 0 radical (unpaired) electrons. The first-order valence-electron chi connectivity index (χ1n) is 9.73. The van der Waals surface area contributed by atoms with E-state index in [4.69, 9.17) is 16.3 Å². The second kappa shape index (κ2) is 8.00. The number of benzene rings is 1. The van der Waals surface area contributed by atoms with Crippen molar-refractivity contribution in [3.05, 3.63) is 46.7 Å². The van der Waals surface area contributed by atoms with Crippen LogP contribution in [0, 0.1) is 6.92 Å². The number of likely N-dealkylation sites (N-methyl/N-ethyl adjacent to an activating group) is 1. The lowest BCUT2D eigenvalue weighted by atomic mass is 10.1. The fourth-order valence-electron chi connectivity index (χ4n) is 3.72. The topological polar surface area (TPSA) is 63.5 Å². The normalized spacial score (nSPS) is 15.1. The summed E-state index contributed by atoms with van der Waals surface area (Å²) in [7, 11) is 1.62. The van der Waals surface area contributed by atoms with Crippen molar-refractivity contribution in [2.24, 2.45) is 0 Å². The minimum Gasteiger partial charge on any atom is -0.497 e. The Morgan fingerprint density at radius 1 is 1.24 bits per heavy atom. The van der Waals surface area contributed by atoms with Crippen LogP contribution in [0.15, 0.2) is 30.5 Å². The van der Waals surface area contributed by atoms with Crippen LogP contribution < -0.4 is 4.74 Å². The number of piperazine rings is 1. The first kappa shape index (κ1) is 19.7. The standard InChI is InChI=1S/C21H24ClN5O2/c1-4-25-8-10-26(11-9-25)21(28)17-13-23-20-18(19(17)22)14(2)24-27(20)15-6-5-7-16(12-15)29-3/h5-7,12-13H,4,8-11H2,1-3H3. The Balaban J connectivity index is 1.71. The summed E-state index contributed by atoms with van der Waals surface area (Å²) in [6.45, 7) is 8.16. The number of hydrogen-bond donors (Lipinski definition) is 0. The predicted molar refractivity (Wildman–Crippen MR) is 113 cm³/mol. The number of amides is 1. The lowest BCUT2D eigenvalue weighted by molar-refractivity contribution is 0.0643. The molecule has 8 heteroatoms. The molecule has 0 N–H and O–H groups in total. The van der Waals surface area contributed by atoms with Crippen molar-refractivity contribution in [1.29, 1.82) is 0 Å². The number of carbonyl (C=O) groups is 1. The highest BCUT2D eigenvalue weighted by molar-refractivity contribution is 6.38. The maximum absolute atomic E-state index is 13.1. The predicted octanol–water partition coefficient (Wildman–Crippen LogP) is 3.17. The third kappa shape index (κ3) is 3.56. The number of methoxy groups -OCH3 is 1. The molecule has 0 spiro atoms. The number of nitrogens with zero attached hydrogens (tertiary/aromatic N) is 5. The monoisotopic (exact) mass is 413 g/mol. The SMILES string of the molecule is CCN1CCN(C(=O)c2cnc3c(c(C)nn3-c3cccc(OC)c3)c2Cl)CC1. The first-order chi connectivity index (χ1) is 14.0. The Kier molecular flexibility index (Phi) is 5.43. The summed E-state index contributed by atoms with van der Waals surface area (Å²) < 4.78 is 7.04. The lowest BCUT2D eigenvalue weighted by Gasteiger charge is -2.34. The molecular weight excluding hydrogens is 390 g/mol. The molecule has 1 amide bonds. The van der Waals surface area contributed by atoms with Gasteiger partial charge in [0.15, 0.2) is 5.65 Å². The smallest absolute Gasteiger partial charge is 0.257 e. The molecule has 0 atom stereocenters. The van der Waals surface area contributed by atoms with Gasteiger partial charge in [0.05, 0.1) is 34.5 Å². The maximum Gasteiger partial charge on any atom is 0.257 e. The zero-order valence-electron chi connectivity index (χ0n) is 16.9. The number of aryl methyl sites for hydroxylation is 1. The summed E-state index contributed by atoms with van der Waals surface area (Å²) in [6, 6.07) is 7.58. The summed E-state index contributed by atoms with van der Waals surface area (Å²) in [4.78, 5) is 21.8. The van der Waals surface area contributed by atoms with E-state index in [9.17, 15) is 4.79 Å². The van der Waals surface area contributed by atoms with Gasteiger partial charge in [0.2, 0.25) is 0 Å². The second-order valence-electron chi connectivity index (χ2n) is 7.11. The van der Waals surface area contributed by atoms with Gasteiger partial charge in [0.25, 0.3) is 5.91 Å². The number of aromatic nitrogens is 3. The second-order valence-corrected chi connectivity index (χ2v) is 7.49. The summed E-state index contributed by atoms with van der Waals surface area (Å²) in [5.41, 5.74) is 2.59. The number of pyridine rings is 1. The molecule has 2 aromatic heterocycles. The van der Waals surface area contributed by atoms with E-state index in [-0.39, 0.29) is 5.91 Å². The van der Waals surface area contributed by atoms with E-state index in [0.717, 1.165) is 36.8 Å². The largest absolute Gasteiger partial charge is 0.497 e. The molecule has 0 saturated carbocycles. The van der Waals surface area contributed by atoms with Gasteiger partial charge in [0, 0.05) is 38.4 Å². The van der Waals surface area contributed by atoms with Gasteiger partial charge in [-0.15, -0.1) is 0 Å². The van der Waals surface area contributed by atoms with Crippen molar-refractivity contribution in [2.45, 2.75) is 13.8 Å². The molecule has 3 heterocycles. The molecule has 29 heavy (non-hydrogen) atoms. The highest BCUT2D eigenvalue weighted by atomic mass is 35.5. The summed E-state index contributed by atoms with van der Waals surface area (Å²) in [6.07, 6.45) is 1.57. The maximum atomic E-state index is 13.1. The van der Waals surface area contributed by atoms with E-state index in [1.54, 1.807) is 18.0 Å². The van der Waals surface area contributed by atoms with Gasteiger partial charge in [-0.25, -0.2) is 9.67 Å². The van der Waals surface area contributed by atoms with E-state index in [2.05, 4.69) is 21.9 Å². The Morgan fingerprint density at radius 3 is 2.69 bits per heavy atom. The van der Waals surface area contributed by atoms with Crippen molar-refractivity contribution < 1.29 is 9.53 Å². The Hall–Kier alpha value is -2.64. The molecule has 1 aromatic carbocycles. The summed E-state index contributed by atoms with van der Waals surface area (Å²) in [5.74, 6) is 0.654. The summed E-state index contributed by atoms with van der Waals surface area (Å²) in [5, 5.41) is 5.72. The lowest BCUT2D eigenvalue weighted by Crippen LogP contribution is -2.48. The molecule has 7 nitrogen and oxygen atoms in total. The zero-order valence-corrected chi connectivity index (χ0v) is 17.6. The summed E-state index contributed by atoms with van der Waals surface area (Å²) >= 11 is 6.70. The minimum atomic E-state index is -0.0753. The van der Waals surface area contributed by atoms with Crippen molar-refractivity contribution in [3.8, 4) is 11.4 Å². The van der Waals surface area contributed by atoms with Crippen LogP contribution in [0.25, 0.3) is 16.7 Å². The van der Waals surface area contributed by atoms with Crippen LogP contribution in [-0.2, 0) is 0 Å². The van der Waals surface area contributed by atoms with Crippen LogP contribution in [0.4, 0.5) is 0 Å². The fourth-order valence-corrected chi connectivity index (χ4v) is 4.07. The number of carbonyl (C=O) groups excluding carboxylic acids is 1. The molecule has 1 saturated heterocycles. The molecular formula is C21H24ClN5O2. The molecule has 4 rings (SSSR count). The Labute approximate surface area is 174 Å². The molecule has 0 unspecified atom stereocenters. The van der Waals surface area contributed by atoms with E-state index in [1.807, 2.05) is 36.1 Å². The van der Waals surface area contributed by atoms with Crippen molar-refractivity contribution >= 4 is 28.5 Å². The molecule has 0 bridgehead atoms. The van der Waals surface area contributed by atoms with Crippen LogP contribution in [0.2, 0.25) is 5.02 Å². The van der Waals surface area contributed by atoms with Gasteiger partial charge in [-0.05, 0) is 25.6 Å². The van der Waals surface area contributed by atoms with Gasteiger partial charge < -0.3 is 14.5 Å². The molecule has 1 aliphatic heterocycles. The van der Waals surface area contributed by atoms with Crippen LogP contribution in [-0.4, -0.2) is 70.3 Å². The van der Waals surface area contributed by atoms with Gasteiger partial charge in [-0.3, -0.25) is 4.79 Å². The van der Waals surface area contributed by atoms with Gasteiger partial charge >= 0.3 is 0 Å².